The van der Waals surface area contributed by atoms with Gasteiger partial charge in [-0.05, 0) is 60.4 Å². The first-order chi connectivity index (χ1) is 12.5. The molecule has 1 heterocycles. The fourth-order valence-electron chi connectivity index (χ4n) is 2.55. The van der Waals surface area contributed by atoms with E-state index in [0.29, 0.717) is 15.9 Å². The molecule has 0 aliphatic carbocycles. The van der Waals surface area contributed by atoms with Gasteiger partial charge in [0.2, 0.25) is 0 Å². The van der Waals surface area contributed by atoms with Crippen molar-refractivity contribution in [2.75, 3.05) is 5.32 Å². The zero-order valence-electron chi connectivity index (χ0n) is 13.7. The van der Waals surface area contributed by atoms with Gasteiger partial charge in [0.25, 0.3) is 0 Å². The highest BCUT2D eigenvalue weighted by molar-refractivity contribution is 6.42. The van der Waals surface area contributed by atoms with Crippen molar-refractivity contribution >= 4 is 40.7 Å². The Kier molecular flexibility index (Phi) is 5.76. The zero-order valence-corrected chi connectivity index (χ0v) is 15.3. The Bertz CT molecular complexity index is 927. The Morgan fingerprint density at radius 1 is 0.962 bits per heavy atom. The fourth-order valence-corrected chi connectivity index (χ4v) is 2.87. The molecule has 0 fully saturated rings. The van der Waals surface area contributed by atoms with Crippen LogP contribution in [0.1, 0.15) is 21.5 Å². The van der Waals surface area contributed by atoms with Gasteiger partial charge < -0.3 is 10.4 Å². The Morgan fingerprint density at radius 3 is 2.35 bits per heavy atom. The highest BCUT2D eigenvalue weighted by atomic mass is 35.5. The molecule has 2 aromatic carbocycles. The quantitative estimate of drug-likeness (QED) is 0.577. The molecule has 0 amide bonds. The van der Waals surface area contributed by atoms with E-state index in [-0.39, 0.29) is 5.56 Å². The number of rotatable bonds is 6. The molecule has 3 rings (SSSR count). The van der Waals surface area contributed by atoms with E-state index in [1.807, 2.05) is 36.4 Å². The average molecular weight is 387 g/mol. The molecule has 0 unspecified atom stereocenters. The summed E-state index contributed by atoms with van der Waals surface area (Å²) in [5.74, 6) is -0.692. The van der Waals surface area contributed by atoms with Gasteiger partial charge in [0.15, 0.2) is 0 Å². The van der Waals surface area contributed by atoms with Crippen LogP contribution in [0.5, 0.6) is 0 Å². The van der Waals surface area contributed by atoms with Crippen molar-refractivity contribution in [1.82, 2.24) is 4.98 Å². The van der Waals surface area contributed by atoms with E-state index in [1.165, 1.54) is 11.6 Å². The summed E-state index contributed by atoms with van der Waals surface area (Å²) in [5, 5.41) is 13.4. The van der Waals surface area contributed by atoms with Crippen molar-refractivity contribution < 1.29 is 9.90 Å². The minimum Gasteiger partial charge on any atom is -0.478 e. The molecule has 0 saturated heterocycles. The number of hydrogen-bond acceptors (Lipinski definition) is 3. The van der Waals surface area contributed by atoms with Crippen molar-refractivity contribution in [3.63, 3.8) is 0 Å². The van der Waals surface area contributed by atoms with Crippen LogP contribution >= 0.6 is 23.2 Å². The van der Waals surface area contributed by atoms with Crippen molar-refractivity contribution in [3.8, 4) is 0 Å². The van der Waals surface area contributed by atoms with E-state index < -0.39 is 5.97 Å². The number of pyridine rings is 1. The lowest BCUT2D eigenvalue weighted by molar-refractivity contribution is 0.0697. The lowest BCUT2D eigenvalue weighted by atomic mass is 10.0. The lowest BCUT2D eigenvalue weighted by Crippen LogP contribution is -2.04. The molecular formula is C20H16Cl2N2O2. The number of nitrogens with one attached hydrogen (secondary N) is 1. The minimum atomic E-state index is -1.01. The van der Waals surface area contributed by atoms with E-state index >= 15 is 0 Å². The van der Waals surface area contributed by atoms with E-state index in [2.05, 4.69) is 10.3 Å². The van der Waals surface area contributed by atoms with Crippen molar-refractivity contribution in [2.45, 2.75) is 12.8 Å². The summed E-state index contributed by atoms with van der Waals surface area (Å²) < 4.78 is 0. The molecule has 132 valence electrons. The van der Waals surface area contributed by atoms with E-state index in [1.54, 1.807) is 18.3 Å². The number of hydrogen-bond donors (Lipinski definition) is 2. The molecule has 0 aliphatic heterocycles. The van der Waals surface area contributed by atoms with Gasteiger partial charge in [-0.2, -0.15) is 0 Å². The van der Waals surface area contributed by atoms with Crippen molar-refractivity contribution in [1.29, 1.82) is 0 Å². The number of aromatic carboxylic acids is 1. The summed E-state index contributed by atoms with van der Waals surface area (Å²) in [7, 11) is 0. The maximum Gasteiger partial charge on any atom is 0.339 e. The zero-order chi connectivity index (χ0) is 18.5. The van der Waals surface area contributed by atoms with Crippen LogP contribution in [0.2, 0.25) is 10.0 Å². The third kappa shape index (κ3) is 4.54. The summed E-state index contributed by atoms with van der Waals surface area (Å²) in [6, 6.07) is 16.6. The second-order valence-electron chi connectivity index (χ2n) is 5.78. The number of halogens is 2. The molecule has 0 atom stereocenters. The maximum absolute atomic E-state index is 11.2. The third-order valence-corrected chi connectivity index (χ3v) is 4.68. The lowest BCUT2D eigenvalue weighted by Gasteiger charge is -2.09. The standard InChI is InChI=1S/C20H16Cl2N2O2/c21-17-10-7-14(12-18(17)22)4-3-13-5-8-15(9-6-13)24-19-16(20(25)26)2-1-11-23-19/h1-2,5-12H,3-4H2,(H,23,24)(H,25,26). The molecule has 0 spiro atoms. The molecule has 0 saturated carbocycles. The van der Waals surface area contributed by atoms with E-state index in [9.17, 15) is 9.90 Å². The highest BCUT2D eigenvalue weighted by Crippen LogP contribution is 2.24. The van der Waals surface area contributed by atoms with Gasteiger partial charge in [-0.25, -0.2) is 9.78 Å². The van der Waals surface area contributed by atoms with Gasteiger partial charge in [0, 0.05) is 11.9 Å². The number of carbonyl (C=O) groups is 1. The highest BCUT2D eigenvalue weighted by Gasteiger charge is 2.10. The SMILES string of the molecule is O=C(O)c1cccnc1Nc1ccc(CCc2ccc(Cl)c(Cl)c2)cc1. The summed E-state index contributed by atoms with van der Waals surface area (Å²) in [6.07, 6.45) is 3.27. The number of aryl methyl sites for hydroxylation is 2. The average Bonchev–Trinajstić information content (AvgIpc) is 2.64. The van der Waals surface area contributed by atoms with Crippen LogP contribution < -0.4 is 5.32 Å². The molecule has 0 bridgehead atoms. The Labute approximate surface area is 161 Å². The molecule has 2 N–H and O–H groups in total. The van der Waals surface area contributed by atoms with Gasteiger partial charge in [-0.1, -0.05) is 41.4 Å². The first-order valence-electron chi connectivity index (χ1n) is 8.01. The molecule has 0 radical (unpaired) electrons. The summed E-state index contributed by atoms with van der Waals surface area (Å²) in [5.41, 5.74) is 3.21. The first kappa shape index (κ1) is 18.2. The largest absolute Gasteiger partial charge is 0.478 e. The monoisotopic (exact) mass is 386 g/mol. The number of aromatic nitrogens is 1. The first-order valence-corrected chi connectivity index (χ1v) is 8.77. The van der Waals surface area contributed by atoms with Gasteiger partial charge >= 0.3 is 5.97 Å². The van der Waals surface area contributed by atoms with Gasteiger partial charge in [0.05, 0.1) is 10.0 Å². The Balaban J connectivity index is 1.65. The second-order valence-corrected chi connectivity index (χ2v) is 6.59. The van der Waals surface area contributed by atoms with Crippen LogP contribution in [0.3, 0.4) is 0 Å². The summed E-state index contributed by atoms with van der Waals surface area (Å²) in [4.78, 5) is 15.3. The number of nitrogens with zero attached hydrogens (tertiary/aromatic N) is 1. The molecule has 1 aromatic heterocycles. The van der Waals surface area contributed by atoms with Crippen LogP contribution in [0.15, 0.2) is 60.8 Å². The van der Waals surface area contributed by atoms with Gasteiger partial charge in [0.1, 0.15) is 11.4 Å². The maximum atomic E-state index is 11.2. The molecule has 26 heavy (non-hydrogen) atoms. The summed E-state index contributed by atoms with van der Waals surface area (Å²) in [6.45, 7) is 0. The summed E-state index contributed by atoms with van der Waals surface area (Å²) >= 11 is 12.0. The Hall–Kier alpha value is -2.56. The molecule has 6 heteroatoms. The van der Waals surface area contributed by atoms with Crippen LogP contribution in [0, 0.1) is 0 Å². The molecule has 0 aliphatic rings. The fraction of sp³-hybridized carbons (Fsp3) is 0.100. The van der Waals surface area contributed by atoms with Gasteiger partial charge in [-0.15, -0.1) is 0 Å². The van der Waals surface area contributed by atoms with Crippen LogP contribution in [0.4, 0.5) is 11.5 Å². The minimum absolute atomic E-state index is 0.135. The molecular weight excluding hydrogens is 371 g/mol. The van der Waals surface area contributed by atoms with Crippen LogP contribution in [0.25, 0.3) is 0 Å². The van der Waals surface area contributed by atoms with Crippen LogP contribution in [-0.2, 0) is 12.8 Å². The Morgan fingerprint density at radius 2 is 1.65 bits per heavy atom. The number of carboxylic acid groups (broad SMARTS) is 1. The number of benzene rings is 2. The van der Waals surface area contributed by atoms with Gasteiger partial charge in [-0.3, -0.25) is 0 Å². The smallest absolute Gasteiger partial charge is 0.339 e. The predicted octanol–water partition coefficient (Wildman–Crippen LogP) is 5.62. The third-order valence-electron chi connectivity index (χ3n) is 3.94. The number of anilines is 2. The molecule has 3 aromatic rings. The molecule has 4 nitrogen and oxygen atoms in total. The van der Waals surface area contributed by atoms with E-state index in [4.69, 9.17) is 23.2 Å². The topological polar surface area (TPSA) is 62.2 Å². The van der Waals surface area contributed by atoms with E-state index in [0.717, 1.165) is 24.1 Å². The second kappa shape index (κ2) is 8.21. The van der Waals surface area contributed by atoms with Crippen LogP contribution in [-0.4, -0.2) is 16.1 Å². The number of carboxylic acids is 1. The van der Waals surface area contributed by atoms with Crippen molar-refractivity contribution in [2.24, 2.45) is 0 Å². The predicted molar refractivity (Wildman–Crippen MR) is 105 cm³/mol. The van der Waals surface area contributed by atoms with Crippen molar-refractivity contribution in [3.05, 3.63) is 87.5 Å². The normalized spacial score (nSPS) is 10.5.